The van der Waals surface area contributed by atoms with Crippen molar-refractivity contribution in [2.75, 3.05) is 49.6 Å². The minimum atomic E-state index is -0.0894. The number of nitrogens with zero attached hydrogens (tertiary/aromatic N) is 4. The van der Waals surface area contributed by atoms with Gasteiger partial charge in [-0.15, -0.1) is 11.3 Å². The Balaban J connectivity index is 1.46. The first kappa shape index (κ1) is 16.6. The van der Waals surface area contributed by atoms with Crippen molar-refractivity contribution in [3.8, 4) is 0 Å². The van der Waals surface area contributed by atoms with E-state index in [0.29, 0.717) is 18.0 Å². The van der Waals surface area contributed by atoms with Crippen LogP contribution in [0.5, 0.6) is 0 Å². The van der Waals surface area contributed by atoms with Crippen molar-refractivity contribution >= 4 is 28.9 Å². The van der Waals surface area contributed by atoms with Gasteiger partial charge in [0.05, 0.1) is 24.4 Å². The number of carbonyl (C=O) groups is 1. The molecular formula is C15H20N6O2S. The van der Waals surface area contributed by atoms with Crippen molar-refractivity contribution in [2.45, 2.75) is 6.92 Å². The van der Waals surface area contributed by atoms with Gasteiger partial charge in [-0.05, 0) is 6.92 Å². The fourth-order valence-corrected chi connectivity index (χ4v) is 3.09. The van der Waals surface area contributed by atoms with Gasteiger partial charge >= 0.3 is 0 Å². The zero-order chi connectivity index (χ0) is 16.8. The highest BCUT2D eigenvalue weighted by Crippen LogP contribution is 2.15. The third kappa shape index (κ3) is 4.18. The lowest BCUT2D eigenvalue weighted by atomic mass is 10.3. The van der Waals surface area contributed by atoms with Gasteiger partial charge in [-0.2, -0.15) is 0 Å². The van der Waals surface area contributed by atoms with Crippen LogP contribution in [0, 0.1) is 6.92 Å². The molecule has 0 bridgehead atoms. The van der Waals surface area contributed by atoms with Crippen molar-refractivity contribution in [1.82, 2.24) is 20.3 Å². The normalized spacial score (nSPS) is 14.5. The van der Waals surface area contributed by atoms with E-state index in [1.807, 2.05) is 13.0 Å². The summed E-state index contributed by atoms with van der Waals surface area (Å²) in [6, 6.07) is 1.92. The summed E-state index contributed by atoms with van der Waals surface area (Å²) in [5.74, 6) is 1.54. The van der Waals surface area contributed by atoms with Crippen molar-refractivity contribution in [3.63, 3.8) is 0 Å². The van der Waals surface area contributed by atoms with Crippen molar-refractivity contribution < 1.29 is 9.53 Å². The molecule has 0 unspecified atom stereocenters. The average Bonchev–Trinajstić information content (AvgIpc) is 3.06. The molecule has 1 amide bonds. The van der Waals surface area contributed by atoms with Crippen LogP contribution in [-0.2, 0) is 4.74 Å². The zero-order valence-electron chi connectivity index (χ0n) is 13.5. The van der Waals surface area contributed by atoms with E-state index in [1.165, 1.54) is 11.3 Å². The van der Waals surface area contributed by atoms with Crippen LogP contribution in [0.3, 0.4) is 0 Å². The number of rotatable bonds is 6. The summed E-state index contributed by atoms with van der Waals surface area (Å²) in [5.41, 5.74) is 2.44. The molecule has 2 N–H and O–H groups in total. The largest absolute Gasteiger partial charge is 0.378 e. The molecule has 2 aromatic rings. The van der Waals surface area contributed by atoms with E-state index in [9.17, 15) is 4.79 Å². The smallest absolute Gasteiger partial charge is 0.263 e. The first-order chi connectivity index (χ1) is 11.7. The number of nitrogens with one attached hydrogen (secondary N) is 2. The molecule has 9 heteroatoms. The second-order valence-electron chi connectivity index (χ2n) is 5.31. The van der Waals surface area contributed by atoms with Crippen molar-refractivity contribution in [2.24, 2.45) is 0 Å². The lowest BCUT2D eigenvalue weighted by molar-refractivity contribution is 0.0958. The monoisotopic (exact) mass is 348 g/mol. The third-order valence-corrected chi connectivity index (χ3v) is 4.58. The molecule has 1 aliphatic heterocycles. The maximum atomic E-state index is 12.0. The minimum absolute atomic E-state index is 0.0894. The quantitative estimate of drug-likeness (QED) is 0.750. The predicted molar refractivity (Wildman–Crippen MR) is 92.7 cm³/mol. The van der Waals surface area contributed by atoms with Crippen LogP contribution in [0.1, 0.15) is 15.4 Å². The molecular weight excluding hydrogens is 328 g/mol. The van der Waals surface area contributed by atoms with E-state index in [4.69, 9.17) is 4.74 Å². The van der Waals surface area contributed by atoms with Crippen LogP contribution in [0.25, 0.3) is 0 Å². The van der Waals surface area contributed by atoms with E-state index in [0.717, 1.165) is 43.6 Å². The lowest BCUT2D eigenvalue weighted by Crippen LogP contribution is -2.36. The van der Waals surface area contributed by atoms with Gasteiger partial charge in [0.2, 0.25) is 0 Å². The van der Waals surface area contributed by atoms with Gasteiger partial charge in [-0.25, -0.2) is 15.0 Å². The Morgan fingerprint density at radius 1 is 1.29 bits per heavy atom. The van der Waals surface area contributed by atoms with Gasteiger partial charge in [-0.1, -0.05) is 0 Å². The molecule has 0 radical (unpaired) electrons. The summed E-state index contributed by atoms with van der Waals surface area (Å²) in [4.78, 5) is 27.4. The summed E-state index contributed by atoms with van der Waals surface area (Å²) in [7, 11) is 0. The van der Waals surface area contributed by atoms with Gasteiger partial charge in [0, 0.05) is 32.2 Å². The van der Waals surface area contributed by atoms with E-state index < -0.39 is 0 Å². The summed E-state index contributed by atoms with van der Waals surface area (Å²) in [6.45, 7) is 6.03. The van der Waals surface area contributed by atoms with Crippen LogP contribution in [-0.4, -0.2) is 60.3 Å². The second kappa shape index (κ2) is 8.02. The molecule has 24 heavy (non-hydrogen) atoms. The number of morpholine rings is 1. The SMILES string of the molecule is Cc1ncsc1C(=O)NCCNc1cc(N2CCOCC2)ncn1. The summed E-state index contributed by atoms with van der Waals surface area (Å²) < 4.78 is 5.35. The Labute approximate surface area is 144 Å². The highest BCUT2D eigenvalue weighted by Gasteiger charge is 2.13. The van der Waals surface area contributed by atoms with E-state index in [1.54, 1.807) is 11.8 Å². The maximum Gasteiger partial charge on any atom is 0.263 e. The minimum Gasteiger partial charge on any atom is -0.378 e. The highest BCUT2D eigenvalue weighted by molar-refractivity contribution is 7.11. The molecule has 1 aliphatic rings. The summed E-state index contributed by atoms with van der Waals surface area (Å²) >= 11 is 1.35. The summed E-state index contributed by atoms with van der Waals surface area (Å²) in [5, 5.41) is 6.08. The Bertz CT molecular complexity index is 686. The Morgan fingerprint density at radius 3 is 2.88 bits per heavy atom. The molecule has 1 fully saturated rings. The van der Waals surface area contributed by atoms with Crippen molar-refractivity contribution in [1.29, 1.82) is 0 Å². The fourth-order valence-electron chi connectivity index (χ4n) is 2.38. The average molecular weight is 348 g/mol. The van der Waals surface area contributed by atoms with Crippen LogP contribution in [0.4, 0.5) is 11.6 Å². The second-order valence-corrected chi connectivity index (χ2v) is 6.17. The molecule has 0 aliphatic carbocycles. The van der Waals surface area contributed by atoms with Gasteiger partial charge < -0.3 is 20.3 Å². The molecule has 8 nitrogen and oxygen atoms in total. The number of anilines is 2. The Morgan fingerprint density at radius 2 is 2.12 bits per heavy atom. The number of hydrogen-bond donors (Lipinski definition) is 2. The molecule has 0 atom stereocenters. The van der Waals surface area contributed by atoms with E-state index in [2.05, 4.69) is 30.5 Å². The number of thiazole rings is 1. The number of carbonyl (C=O) groups excluding carboxylic acids is 1. The zero-order valence-corrected chi connectivity index (χ0v) is 14.3. The number of hydrogen-bond acceptors (Lipinski definition) is 8. The fraction of sp³-hybridized carbons (Fsp3) is 0.467. The van der Waals surface area contributed by atoms with E-state index in [-0.39, 0.29) is 5.91 Å². The van der Waals surface area contributed by atoms with Gasteiger partial charge in [-0.3, -0.25) is 4.79 Å². The lowest BCUT2D eigenvalue weighted by Gasteiger charge is -2.27. The molecule has 0 aromatic carbocycles. The van der Waals surface area contributed by atoms with Crippen LogP contribution in [0.15, 0.2) is 17.9 Å². The van der Waals surface area contributed by atoms with Crippen LogP contribution in [0.2, 0.25) is 0 Å². The molecule has 1 saturated heterocycles. The third-order valence-electron chi connectivity index (χ3n) is 3.66. The first-order valence-corrected chi connectivity index (χ1v) is 8.69. The molecule has 3 rings (SSSR count). The number of aryl methyl sites for hydroxylation is 1. The van der Waals surface area contributed by atoms with Crippen LogP contribution >= 0.6 is 11.3 Å². The van der Waals surface area contributed by atoms with E-state index >= 15 is 0 Å². The molecule has 0 spiro atoms. The topological polar surface area (TPSA) is 92.3 Å². The predicted octanol–water partition coefficient (Wildman–Crippen LogP) is 0.920. The van der Waals surface area contributed by atoms with Crippen molar-refractivity contribution in [3.05, 3.63) is 28.5 Å². The molecule has 3 heterocycles. The standard InChI is InChI=1S/C15H20N6O2S/c1-11-14(24-10-20-11)15(22)17-3-2-16-12-8-13(19-9-18-12)21-4-6-23-7-5-21/h8-10H,2-7H2,1H3,(H,17,22)(H,16,18,19). The Kier molecular flexibility index (Phi) is 5.55. The number of amides is 1. The number of ether oxygens (including phenoxy) is 1. The molecule has 2 aromatic heterocycles. The number of aromatic nitrogens is 3. The Hall–Kier alpha value is -2.26. The highest BCUT2D eigenvalue weighted by atomic mass is 32.1. The first-order valence-electron chi connectivity index (χ1n) is 7.81. The van der Waals surface area contributed by atoms with Gasteiger partial charge in [0.25, 0.3) is 5.91 Å². The van der Waals surface area contributed by atoms with Crippen LogP contribution < -0.4 is 15.5 Å². The summed E-state index contributed by atoms with van der Waals surface area (Å²) in [6.07, 6.45) is 1.55. The molecule has 0 saturated carbocycles. The molecule has 128 valence electrons. The van der Waals surface area contributed by atoms with Gasteiger partial charge in [0.15, 0.2) is 0 Å². The van der Waals surface area contributed by atoms with Gasteiger partial charge in [0.1, 0.15) is 22.8 Å². The maximum absolute atomic E-state index is 12.0.